The molecular formula is C23H24N6OS. The molecule has 5 heterocycles. The van der Waals surface area contributed by atoms with Crippen LogP contribution < -0.4 is 9.64 Å². The van der Waals surface area contributed by atoms with Crippen LogP contribution in [0.5, 0.6) is 5.75 Å². The predicted octanol–water partition coefficient (Wildman–Crippen LogP) is 4.29. The Hall–Kier alpha value is -3.00. The maximum absolute atomic E-state index is 5.29. The third-order valence-corrected chi connectivity index (χ3v) is 7.56. The molecule has 1 unspecified atom stereocenters. The lowest BCUT2D eigenvalue weighted by Crippen LogP contribution is -2.36. The number of hydrogen-bond donors (Lipinski definition) is 0. The highest BCUT2D eigenvalue weighted by Crippen LogP contribution is 2.39. The van der Waals surface area contributed by atoms with Crippen LogP contribution in [-0.2, 0) is 13.0 Å². The van der Waals surface area contributed by atoms with E-state index < -0.39 is 0 Å². The van der Waals surface area contributed by atoms with Crippen LogP contribution in [0.25, 0.3) is 20.7 Å². The smallest absolute Gasteiger partial charge is 0.150 e. The van der Waals surface area contributed by atoms with Crippen LogP contribution in [-0.4, -0.2) is 44.9 Å². The highest BCUT2D eigenvalue weighted by atomic mass is 32.1. The summed E-state index contributed by atoms with van der Waals surface area (Å²) in [4.78, 5) is 12.9. The van der Waals surface area contributed by atoms with Crippen LogP contribution >= 0.6 is 11.3 Å². The molecule has 0 spiro atoms. The van der Waals surface area contributed by atoms with Gasteiger partial charge in [-0.3, -0.25) is 0 Å². The normalized spacial score (nSPS) is 18.5. The molecule has 1 atom stereocenters. The van der Waals surface area contributed by atoms with Crippen molar-refractivity contribution in [3.63, 3.8) is 0 Å². The Morgan fingerprint density at radius 2 is 1.97 bits per heavy atom. The third kappa shape index (κ3) is 3.26. The monoisotopic (exact) mass is 432 g/mol. The molecule has 31 heavy (non-hydrogen) atoms. The zero-order chi connectivity index (χ0) is 20.8. The molecule has 158 valence electrons. The first kappa shape index (κ1) is 18.7. The van der Waals surface area contributed by atoms with Crippen LogP contribution in [0.3, 0.4) is 0 Å². The number of thiophene rings is 1. The van der Waals surface area contributed by atoms with Crippen LogP contribution in [0.15, 0.2) is 36.7 Å². The van der Waals surface area contributed by atoms with E-state index in [1.807, 2.05) is 12.1 Å². The molecule has 0 amide bonds. The van der Waals surface area contributed by atoms with Crippen molar-refractivity contribution in [1.29, 1.82) is 0 Å². The van der Waals surface area contributed by atoms with Crippen molar-refractivity contribution in [3.8, 4) is 16.2 Å². The lowest BCUT2D eigenvalue weighted by Gasteiger charge is -2.33. The summed E-state index contributed by atoms with van der Waals surface area (Å²) in [6.45, 7) is 3.00. The zero-order valence-corrected chi connectivity index (χ0v) is 18.3. The fourth-order valence-electron chi connectivity index (χ4n) is 4.82. The van der Waals surface area contributed by atoms with Gasteiger partial charge in [-0.25, -0.2) is 9.97 Å². The van der Waals surface area contributed by atoms with Gasteiger partial charge in [0.1, 0.15) is 29.5 Å². The number of anilines is 1. The highest BCUT2D eigenvalue weighted by Gasteiger charge is 2.30. The second kappa shape index (κ2) is 7.60. The van der Waals surface area contributed by atoms with Gasteiger partial charge < -0.3 is 14.2 Å². The van der Waals surface area contributed by atoms with Gasteiger partial charge in [0.15, 0.2) is 0 Å². The molecular weight excluding hydrogens is 408 g/mol. The number of fused-ring (bicyclic) bond motifs is 2. The predicted molar refractivity (Wildman–Crippen MR) is 122 cm³/mol. The fourth-order valence-corrected chi connectivity index (χ4v) is 5.95. The second-order valence-electron chi connectivity index (χ2n) is 8.27. The van der Waals surface area contributed by atoms with E-state index in [2.05, 4.69) is 42.8 Å². The molecule has 8 heteroatoms. The minimum atomic E-state index is 0.402. The van der Waals surface area contributed by atoms with Gasteiger partial charge in [-0.05, 0) is 55.2 Å². The topological polar surface area (TPSA) is 69.0 Å². The summed E-state index contributed by atoms with van der Waals surface area (Å²) in [5.74, 6) is 4.62. The van der Waals surface area contributed by atoms with E-state index in [4.69, 9.17) is 9.72 Å². The molecule has 0 saturated carbocycles. The van der Waals surface area contributed by atoms with E-state index in [1.54, 1.807) is 24.8 Å². The van der Waals surface area contributed by atoms with E-state index >= 15 is 0 Å². The maximum Gasteiger partial charge on any atom is 0.150 e. The van der Waals surface area contributed by atoms with Gasteiger partial charge in [-0.2, -0.15) is 0 Å². The molecule has 1 fully saturated rings. The van der Waals surface area contributed by atoms with Crippen molar-refractivity contribution in [2.45, 2.75) is 38.1 Å². The summed E-state index contributed by atoms with van der Waals surface area (Å²) in [5, 5.41) is 8.99. The van der Waals surface area contributed by atoms with Gasteiger partial charge >= 0.3 is 0 Å². The number of rotatable bonds is 4. The molecule has 1 saturated heterocycles. The van der Waals surface area contributed by atoms with Gasteiger partial charge in [0.25, 0.3) is 0 Å². The molecule has 1 aromatic carbocycles. The summed E-state index contributed by atoms with van der Waals surface area (Å²) in [6.07, 6.45) is 6.23. The van der Waals surface area contributed by atoms with Gasteiger partial charge in [0.05, 0.1) is 17.3 Å². The van der Waals surface area contributed by atoms with Crippen molar-refractivity contribution in [2.24, 2.45) is 0 Å². The number of hydrogen-bond acceptors (Lipinski definition) is 7. The molecule has 0 bridgehead atoms. The number of aryl methyl sites for hydroxylation is 1. The highest BCUT2D eigenvalue weighted by molar-refractivity contribution is 7.22. The minimum Gasteiger partial charge on any atom is -0.497 e. The minimum absolute atomic E-state index is 0.402. The van der Waals surface area contributed by atoms with Crippen molar-refractivity contribution in [3.05, 3.63) is 48.3 Å². The number of ether oxygens (including phenoxy) is 1. The molecule has 4 aromatic rings. The van der Waals surface area contributed by atoms with E-state index in [0.717, 1.165) is 72.3 Å². The number of piperidine rings is 1. The van der Waals surface area contributed by atoms with Gasteiger partial charge in [0, 0.05) is 36.9 Å². The molecule has 2 aliphatic rings. The van der Waals surface area contributed by atoms with Crippen LogP contribution in [0.1, 0.15) is 36.8 Å². The molecule has 6 rings (SSSR count). The zero-order valence-electron chi connectivity index (χ0n) is 17.5. The summed E-state index contributed by atoms with van der Waals surface area (Å²) in [7, 11) is 1.69. The van der Waals surface area contributed by atoms with E-state index in [-0.39, 0.29) is 0 Å². The largest absolute Gasteiger partial charge is 0.497 e. The van der Waals surface area contributed by atoms with Crippen LogP contribution in [0.2, 0.25) is 0 Å². The summed E-state index contributed by atoms with van der Waals surface area (Å²) in [6, 6.07) is 10.4. The fraction of sp³-hybridized carbons (Fsp3) is 0.391. The molecule has 0 radical (unpaired) electrons. The van der Waals surface area contributed by atoms with Crippen molar-refractivity contribution in [2.75, 3.05) is 25.1 Å². The van der Waals surface area contributed by atoms with Crippen molar-refractivity contribution >= 4 is 27.4 Å². The summed E-state index contributed by atoms with van der Waals surface area (Å²) < 4.78 is 8.79. The third-order valence-electron chi connectivity index (χ3n) is 6.39. The molecule has 3 aromatic heterocycles. The molecule has 7 nitrogen and oxygen atoms in total. The van der Waals surface area contributed by atoms with Gasteiger partial charge in [-0.1, -0.05) is 0 Å². The van der Waals surface area contributed by atoms with Crippen LogP contribution in [0, 0.1) is 0 Å². The SMILES string of the molecule is COc1ccc(-c2cc3ncnc(N4CCCC(c5nnc6n5CCC6)C4)c3s2)cc1. The Morgan fingerprint density at radius 1 is 1.06 bits per heavy atom. The van der Waals surface area contributed by atoms with E-state index in [0.29, 0.717) is 5.92 Å². The Labute approximate surface area is 184 Å². The number of benzene rings is 1. The summed E-state index contributed by atoms with van der Waals surface area (Å²) >= 11 is 1.76. The van der Waals surface area contributed by atoms with Gasteiger partial charge in [-0.15, -0.1) is 21.5 Å². The van der Waals surface area contributed by atoms with E-state index in [1.165, 1.54) is 16.9 Å². The Morgan fingerprint density at radius 3 is 2.84 bits per heavy atom. The van der Waals surface area contributed by atoms with Crippen molar-refractivity contribution < 1.29 is 4.74 Å². The Bertz CT molecular complexity index is 1230. The average Bonchev–Trinajstić information content (AvgIpc) is 3.54. The molecule has 0 aliphatic carbocycles. The van der Waals surface area contributed by atoms with Gasteiger partial charge in [0.2, 0.25) is 0 Å². The Kier molecular flexibility index (Phi) is 4.60. The quantitative estimate of drug-likeness (QED) is 0.479. The molecule has 0 N–H and O–H groups in total. The first-order chi connectivity index (χ1) is 15.3. The van der Waals surface area contributed by atoms with E-state index in [9.17, 15) is 0 Å². The lowest BCUT2D eigenvalue weighted by atomic mass is 9.97. The first-order valence-electron chi connectivity index (χ1n) is 10.9. The maximum atomic E-state index is 5.29. The summed E-state index contributed by atoms with van der Waals surface area (Å²) in [5.41, 5.74) is 2.18. The second-order valence-corrected chi connectivity index (χ2v) is 9.32. The first-order valence-corrected chi connectivity index (χ1v) is 11.7. The average molecular weight is 433 g/mol. The Balaban J connectivity index is 1.32. The number of nitrogens with zero attached hydrogens (tertiary/aromatic N) is 6. The standard InChI is InChI=1S/C23H24N6OS/c1-30-17-8-6-15(7-9-17)19-12-18-21(31-19)23(25-14-24-18)28-10-2-4-16(13-28)22-27-26-20-5-3-11-29(20)22/h6-9,12,14,16H,2-5,10-11,13H2,1H3. The number of aromatic nitrogens is 5. The van der Waals surface area contributed by atoms with Crippen LogP contribution in [0.4, 0.5) is 5.82 Å². The number of methoxy groups -OCH3 is 1. The lowest BCUT2D eigenvalue weighted by molar-refractivity contribution is 0.415. The van der Waals surface area contributed by atoms with Crippen molar-refractivity contribution in [1.82, 2.24) is 24.7 Å². The molecule has 2 aliphatic heterocycles.